The van der Waals surface area contributed by atoms with Gasteiger partial charge in [0.15, 0.2) is 0 Å². The lowest BCUT2D eigenvalue weighted by atomic mass is 9.73. The van der Waals surface area contributed by atoms with Gasteiger partial charge in [-0.25, -0.2) is 4.79 Å². The maximum absolute atomic E-state index is 13.8. The fraction of sp³-hybridized carbons (Fsp3) is 0.500. The monoisotopic (exact) mass is 502 g/mol. The van der Waals surface area contributed by atoms with Gasteiger partial charge >= 0.3 is 18.1 Å². The van der Waals surface area contributed by atoms with Crippen LogP contribution in [-0.2, 0) is 16.0 Å². The highest BCUT2D eigenvalue weighted by atomic mass is 19.4. The number of rotatable bonds is 7. The summed E-state index contributed by atoms with van der Waals surface area (Å²) in [6.45, 7) is 1.38. The van der Waals surface area contributed by atoms with Crippen LogP contribution in [0, 0.1) is 5.41 Å². The van der Waals surface area contributed by atoms with E-state index in [2.05, 4.69) is 5.32 Å². The Bertz CT molecular complexity index is 1050. The van der Waals surface area contributed by atoms with Gasteiger partial charge in [-0.2, -0.15) is 13.2 Å². The van der Waals surface area contributed by atoms with E-state index in [9.17, 15) is 22.8 Å². The zero-order chi connectivity index (χ0) is 25.8. The molecule has 1 N–H and O–H groups in total. The van der Waals surface area contributed by atoms with E-state index in [1.807, 2.05) is 36.4 Å². The average molecular weight is 503 g/mol. The van der Waals surface area contributed by atoms with Crippen LogP contribution >= 0.6 is 0 Å². The van der Waals surface area contributed by atoms with Crippen molar-refractivity contribution < 1.29 is 27.5 Å². The van der Waals surface area contributed by atoms with Gasteiger partial charge in [0.1, 0.15) is 0 Å². The molecule has 2 atom stereocenters. The maximum Gasteiger partial charge on any atom is 0.471 e. The smallest absolute Gasteiger partial charge is 0.465 e. The van der Waals surface area contributed by atoms with Crippen molar-refractivity contribution in [2.24, 2.45) is 5.41 Å². The van der Waals surface area contributed by atoms with Crippen LogP contribution in [0.5, 0.6) is 0 Å². The highest BCUT2D eigenvalue weighted by Crippen LogP contribution is 2.41. The second-order valence-electron chi connectivity index (χ2n) is 10.1. The van der Waals surface area contributed by atoms with Crippen molar-refractivity contribution >= 4 is 11.9 Å². The number of nitrogens with one attached hydrogen (secondary N) is 1. The van der Waals surface area contributed by atoms with Crippen LogP contribution in [0.25, 0.3) is 0 Å². The molecule has 0 spiro atoms. The van der Waals surface area contributed by atoms with Gasteiger partial charge in [0.25, 0.3) is 0 Å². The molecule has 2 aromatic rings. The molecule has 2 unspecified atom stereocenters. The zero-order valence-electron chi connectivity index (χ0n) is 20.5. The Balaban J connectivity index is 1.60. The lowest BCUT2D eigenvalue weighted by Gasteiger charge is -2.43. The van der Waals surface area contributed by atoms with Crippen molar-refractivity contribution in [1.82, 2.24) is 10.2 Å². The molecule has 0 aromatic heterocycles. The fourth-order valence-electron chi connectivity index (χ4n) is 5.87. The normalized spacial score (nSPS) is 21.7. The van der Waals surface area contributed by atoms with E-state index in [-0.39, 0.29) is 12.5 Å². The predicted octanol–water partition coefficient (Wildman–Crippen LogP) is 5.11. The SMILES string of the molecule is COC(=O)c1cccc(CC2(CN(C(=O)C(F)(F)F)C3CCC(c4ccccc4)C3)CCNCC2)c1. The first kappa shape index (κ1) is 26.2. The minimum Gasteiger partial charge on any atom is -0.465 e. The van der Waals surface area contributed by atoms with Crippen molar-refractivity contribution in [2.75, 3.05) is 26.7 Å². The molecule has 1 heterocycles. The van der Waals surface area contributed by atoms with Crippen LogP contribution in [0.2, 0.25) is 0 Å². The fourth-order valence-corrected chi connectivity index (χ4v) is 5.87. The van der Waals surface area contributed by atoms with Crippen molar-refractivity contribution in [3.05, 3.63) is 71.3 Å². The molecular formula is C28H33F3N2O3. The van der Waals surface area contributed by atoms with Gasteiger partial charge in [0.05, 0.1) is 12.7 Å². The standard InChI is InChI=1S/C28H33F3N2O3/c1-36-25(34)23-9-5-6-20(16-23)18-27(12-14-32-15-13-27)19-33(26(35)28(29,30)31)24-11-10-22(17-24)21-7-3-2-4-8-21/h2-9,16,22,24,32H,10-15,17-19H2,1H3. The summed E-state index contributed by atoms with van der Waals surface area (Å²) in [7, 11) is 1.31. The van der Waals surface area contributed by atoms with Crippen LogP contribution in [0.3, 0.4) is 0 Å². The summed E-state index contributed by atoms with van der Waals surface area (Å²) in [5.41, 5.74) is 1.85. The summed E-state index contributed by atoms with van der Waals surface area (Å²) in [5, 5.41) is 3.30. The first-order valence-corrected chi connectivity index (χ1v) is 12.5. The van der Waals surface area contributed by atoms with E-state index in [0.29, 0.717) is 50.8 Å². The van der Waals surface area contributed by atoms with Gasteiger partial charge in [-0.05, 0) is 86.2 Å². The first-order valence-electron chi connectivity index (χ1n) is 12.5. The van der Waals surface area contributed by atoms with Crippen LogP contribution in [0.1, 0.15) is 59.5 Å². The van der Waals surface area contributed by atoms with E-state index in [1.165, 1.54) is 7.11 Å². The third kappa shape index (κ3) is 6.09. The van der Waals surface area contributed by atoms with E-state index in [0.717, 1.165) is 22.4 Å². The molecule has 36 heavy (non-hydrogen) atoms. The largest absolute Gasteiger partial charge is 0.471 e. The Hall–Kier alpha value is -2.87. The molecule has 1 saturated carbocycles. The molecule has 5 nitrogen and oxygen atoms in total. The Morgan fingerprint density at radius 3 is 2.44 bits per heavy atom. The molecule has 1 aliphatic heterocycles. The summed E-state index contributed by atoms with van der Waals surface area (Å²) >= 11 is 0. The molecule has 0 radical (unpaired) electrons. The van der Waals surface area contributed by atoms with Gasteiger partial charge < -0.3 is 15.0 Å². The first-order chi connectivity index (χ1) is 17.2. The van der Waals surface area contributed by atoms with Crippen molar-refractivity contribution in [3.63, 3.8) is 0 Å². The second kappa shape index (κ2) is 11.0. The summed E-state index contributed by atoms with van der Waals surface area (Å²) in [5.74, 6) is -2.06. The molecule has 1 saturated heterocycles. The maximum atomic E-state index is 13.8. The quantitative estimate of drug-likeness (QED) is 0.535. The zero-order valence-corrected chi connectivity index (χ0v) is 20.5. The molecule has 194 valence electrons. The van der Waals surface area contributed by atoms with E-state index < -0.39 is 29.5 Å². The third-order valence-corrected chi connectivity index (χ3v) is 7.72. The topological polar surface area (TPSA) is 58.6 Å². The number of halogens is 3. The number of benzene rings is 2. The number of carbonyl (C=O) groups is 2. The van der Waals surface area contributed by atoms with Gasteiger partial charge in [-0.1, -0.05) is 42.5 Å². The highest BCUT2D eigenvalue weighted by Gasteiger charge is 2.48. The van der Waals surface area contributed by atoms with Gasteiger partial charge in [0.2, 0.25) is 0 Å². The molecule has 1 amide bonds. The van der Waals surface area contributed by atoms with Crippen LogP contribution in [0.15, 0.2) is 54.6 Å². The average Bonchev–Trinajstić information content (AvgIpc) is 3.37. The third-order valence-electron chi connectivity index (χ3n) is 7.72. The highest BCUT2D eigenvalue weighted by molar-refractivity contribution is 5.89. The Morgan fingerprint density at radius 2 is 1.78 bits per heavy atom. The molecule has 1 aliphatic carbocycles. The lowest BCUT2D eigenvalue weighted by molar-refractivity contribution is -0.189. The summed E-state index contributed by atoms with van der Waals surface area (Å²) in [4.78, 5) is 25.9. The number of nitrogens with zero attached hydrogens (tertiary/aromatic N) is 1. The molecule has 2 fully saturated rings. The molecule has 2 aromatic carbocycles. The summed E-state index contributed by atoms with van der Waals surface area (Å²) in [6.07, 6.45) is -1.32. The molecule has 4 rings (SSSR count). The molecule has 8 heteroatoms. The minimum atomic E-state index is -4.93. The number of methoxy groups -OCH3 is 1. The Morgan fingerprint density at radius 1 is 1.06 bits per heavy atom. The van der Waals surface area contributed by atoms with E-state index in [4.69, 9.17) is 4.74 Å². The Kier molecular flexibility index (Phi) is 8.03. The van der Waals surface area contributed by atoms with Crippen molar-refractivity contribution in [3.8, 4) is 0 Å². The van der Waals surface area contributed by atoms with Crippen molar-refractivity contribution in [2.45, 2.75) is 56.7 Å². The summed E-state index contributed by atoms with van der Waals surface area (Å²) < 4.78 is 46.2. The number of carbonyl (C=O) groups excluding carboxylic acids is 2. The Labute approximate surface area is 210 Å². The number of hydrogen-bond acceptors (Lipinski definition) is 4. The number of amides is 1. The van der Waals surface area contributed by atoms with Crippen LogP contribution < -0.4 is 5.32 Å². The molecule has 0 bridgehead atoms. The van der Waals surface area contributed by atoms with E-state index in [1.54, 1.807) is 18.2 Å². The number of esters is 1. The molecule has 2 aliphatic rings. The number of piperidine rings is 1. The van der Waals surface area contributed by atoms with Crippen LogP contribution in [-0.4, -0.2) is 55.7 Å². The van der Waals surface area contributed by atoms with Gasteiger partial charge in [-0.15, -0.1) is 0 Å². The van der Waals surface area contributed by atoms with Gasteiger partial charge in [0, 0.05) is 12.6 Å². The number of hydrogen-bond donors (Lipinski definition) is 1. The number of ether oxygens (including phenoxy) is 1. The molecular weight excluding hydrogens is 469 g/mol. The van der Waals surface area contributed by atoms with E-state index >= 15 is 0 Å². The predicted molar refractivity (Wildman–Crippen MR) is 131 cm³/mol. The van der Waals surface area contributed by atoms with Crippen molar-refractivity contribution in [1.29, 1.82) is 0 Å². The number of alkyl halides is 3. The lowest BCUT2D eigenvalue weighted by Crippen LogP contribution is -2.53. The summed E-state index contributed by atoms with van der Waals surface area (Å²) in [6, 6.07) is 16.4. The second-order valence-corrected chi connectivity index (χ2v) is 10.1. The van der Waals surface area contributed by atoms with Gasteiger partial charge in [-0.3, -0.25) is 4.79 Å². The van der Waals surface area contributed by atoms with Crippen LogP contribution in [0.4, 0.5) is 13.2 Å². The minimum absolute atomic E-state index is 0.0433.